The van der Waals surface area contributed by atoms with Crippen LogP contribution < -0.4 is 4.90 Å². The number of hydrogen-bond donors (Lipinski definition) is 0. The molecule has 4 nitrogen and oxygen atoms in total. The Hall–Kier alpha value is -2.27. The van der Waals surface area contributed by atoms with Crippen LogP contribution in [0, 0.1) is 0 Å². The predicted octanol–water partition coefficient (Wildman–Crippen LogP) is 4.66. The molecule has 0 saturated carbocycles. The van der Waals surface area contributed by atoms with E-state index in [0.29, 0.717) is 17.5 Å². The molecule has 0 atom stereocenters. The lowest BCUT2D eigenvalue weighted by molar-refractivity contribution is 0.100. The molecule has 0 aliphatic carbocycles. The highest BCUT2D eigenvalue weighted by atomic mass is 79.9. The van der Waals surface area contributed by atoms with Gasteiger partial charge in [-0.25, -0.2) is 0 Å². The first kappa shape index (κ1) is 17.5. The van der Waals surface area contributed by atoms with Crippen LogP contribution in [0.25, 0.3) is 0 Å². The van der Waals surface area contributed by atoms with Crippen molar-refractivity contribution in [3.8, 4) is 0 Å². The van der Waals surface area contributed by atoms with Gasteiger partial charge < -0.3 is 4.90 Å². The maximum Gasteiger partial charge on any atom is 0.278 e. The summed E-state index contributed by atoms with van der Waals surface area (Å²) in [6.45, 7) is 4.41. The number of amidine groups is 1. The van der Waals surface area contributed by atoms with E-state index in [1.807, 2.05) is 6.07 Å². The number of benzene rings is 2. The predicted molar refractivity (Wildman–Crippen MR) is 104 cm³/mol. The molecule has 1 amide bonds. The summed E-state index contributed by atoms with van der Waals surface area (Å²) in [6.07, 6.45) is 1.59. The molecule has 3 rings (SSSR count). The third kappa shape index (κ3) is 3.71. The summed E-state index contributed by atoms with van der Waals surface area (Å²) in [5, 5.41) is 0. The van der Waals surface area contributed by atoms with Crippen LogP contribution in [0.2, 0.25) is 0 Å². The second kappa shape index (κ2) is 7.31. The monoisotopic (exact) mass is 398 g/mol. The van der Waals surface area contributed by atoms with E-state index in [4.69, 9.17) is 0 Å². The number of amides is 1. The molecule has 1 aliphatic rings. The number of Topliss-reactive ketones (excluding diaryl/α,β-unsaturated/α-hetero) is 1. The summed E-state index contributed by atoms with van der Waals surface area (Å²) in [7, 11) is 0. The van der Waals surface area contributed by atoms with Crippen molar-refractivity contribution in [2.45, 2.75) is 26.7 Å². The lowest BCUT2D eigenvalue weighted by Gasteiger charge is -2.19. The van der Waals surface area contributed by atoms with Gasteiger partial charge in [0, 0.05) is 34.3 Å². The molecule has 0 saturated heterocycles. The van der Waals surface area contributed by atoms with Crippen molar-refractivity contribution in [1.29, 1.82) is 0 Å². The summed E-state index contributed by atoms with van der Waals surface area (Å²) >= 11 is 3.50. The minimum atomic E-state index is -0.314. The van der Waals surface area contributed by atoms with E-state index in [2.05, 4.69) is 44.9 Å². The second-order valence-electron chi connectivity index (χ2n) is 6.07. The number of ketones is 1. The zero-order chi connectivity index (χ0) is 18.0. The van der Waals surface area contributed by atoms with Crippen molar-refractivity contribution in [1.82, 2.24) is 0 Å². The summed E-state index contributed by atoms with van der Waals surface area (Å²) in [6, 6.07) is 12.9. The SMILES string of the molecule is CCCN1C(=NC(=O)c2cccc(C(C)=O)c2)Cc2cc(Br)ccc21. The van der Waals surface area contributed by atoms with Crippen molar-refractivity contribution in [2.75, 3.05) is 11.4 Å². The van der Waals surface area contributed by atoms with Crippen LogP contribution in [0.15, 0.2) is 51.9 Å². The molecule has 0 radical (unpaired) electrons. The molecule has 25 heavy (non-hydrogen) atoms. The van der Waals surface area contributed by atoms with Crippen LogP contribution in [-0.4, -0.2) is 24.1 Å². The fourth-order valence-electron chi connectivity index (χ4n) is 2.99. The van der Waals surface area contributed by atoms with Crippen molar-refractivity contribution < 1.29 is 9.59 Å². The molecule has 0 spiro atoms. The van der Waals surface area contributed by atoms with Gasteiger partial charge >= 0.3 is 0 Å². The molecule has 128 valence electrons. The van der Waals surface area contributed by atoms with E-state index in [-0.39, 0.29) is 11.7 Å². The third-order valence-corrected chi connectivity index (χ3v) is 4.68. The standard InChI is InChI=1S/C20H19BrN2O2/c1-3-9-23-18-8-7-17(21)11-16(18)12-19(23)22-20(25)15-6-4-5-14(10-15)13(2)24/h4-8,10-11H,3,9,12H2,1-2H3. The minimum Gasteiger partial charge on any atom is -0.329 e. The van der Waals surface area contributed by atoms with Crippen LogP contribution in [-0.2, 0) is 6.42 Å². The first-order chi connectivity index (χ1) is 12.0. The highest BCUT2D eigenvalue weighted by Gasteiger charge is 2.26. The van der Waals surface area contributed by atoms with Crippen LogP contribution in [0.1, 0.15) is 46.5 Å². The lowest BCUT2D eigenvalue weighted by atomic mass is 10.1. The molecule has 1 heterocycles. The number of carbonyl (C=O) groups is 2. The highest BCUT2D eigenvalue weighted by molar-refractivity contribution is 9.10. The number of anilines is 1. The largest absolute Gasteiger partial charge is 0.329 e. The third-order valence-electron chi connectivity index (χ3n) is 4.19. The Morgan fingerprint density at radius 2 is 1.92 bits per heavy atom. The number of carbonyl (C=O) groups excluding carboxylic acids is 2. The number of nitrogens with zero attached hydrogens (tertiary/aromatic N) is 2. The van der Waals surface area contributed by atoms with Gasteiger partial charge in [-0.05, 0) is 49.2 Å². The number of halogens is 1. The normalized spacial score (nSPS) is 14.7. The van der Waals surface area contributed by atoms with Crippen LogP contribution in [0.4, 0.5) is 5.69 Å². The van der Waals surface area contributed by atoms with Crippen molar-refractivity contribution in [3.63, 3.8) is 0 Å². The molecule has 0 aromatic heterocycles. The molecule has 0 bridgehead atoms. The maximum absolute atomic E-state index is 12.6. The number of aliphatic imine (C=N–C) groups is 1. The van der Waals surface area contributed by atoms with Gasteiger partial charge in [0.05, 0.1) is 0 Å². The van der Waals surface area contributed by atoms with Crippen molar-refractivity contribution in [3.05, 3.63) is 63.6 Å². The highest BCUT2D eigenvalue weighted by Crippen LogP contribution is 2.32. The van der Waals surface area contributed by atoms with Gasteiger partial charge in [-0.15, -0.1) is 0 Å². The van der Waals surface area contributed by atoms with Crippen molar-refractivity contribution in [2.24, 2.45) is 4.99 Å². The number of hydrogen-bond acceptors (Lipinski definition) is 2. The summed E-state index contributed by atoms with van der Waals surface area (Å²) in [5.74, 6) is 0.382. The fraction of sp³-hybridized carbons (Fsp3) is 0.250. The number of fused-ring (bicyclic) bond motifs is 1. The van der Waals surface area contributed by atoms with E-state index in [1.165, 1.54) is 6.92 Å². The van der Waals surface area contributed by atoms with Gasteiger partial charge in [0.15, 0.2) is 5.78 Å². The van der Waals surface area contributed by atoms with Gasteiger partial charge in [-0.2, -0.15) is 4.99 Å². The average molecular weight is 399 g/mol. The van der Waals surface area contributed by atoms with Gasteiger partial charge in [-0.1, -0.05) is 35.0 Å². The molecule has 0 unspecified atom stereocenters. The Bertz CT molecular complexity index is 874. The zero-order valence-corrected chi connectivity index (χ0v) is 15.8. The van der Waals surface area contributed by atoms with Crippen LogP contribution >= 0.6 is 15.9 Å². The van der Waals surface area contributed by atoms with E-state index in [0.717, 1.165) is 34.5 Å². The molecule has 2 aromatic carbocycles. The molecular weight excluding hydrogens is 380 g/mol. The van der Waals surface area contributed by atoms with E-state index in [1.54, 1.807) is 24.3 Å². The van der Waals surface area contributed by atoms with Crippen LogP contribution in [0.3, 0.4) is 0 Å². The molecule has 5 heteroatoms. The quantitative estimate of drug-likeness (QED) is 0.703. The number of rotatable bonds is 4. The minimum absolute atomic E-state index is 0.0620. The molecular formula is C20H19BrN2O2. The fourth-order valence-corrected chi connectivity index (χ4v) is 3.40. The molecule has 0 N–H and O–H groups in total. The Kier molecular flexibility index (Phi) is 5.13. The first-order valence-electron chi connectivity index (χ1n) is 8.28. The van der Waals surface area contributed by atoms with E-state index >= 15 is 0 Å². The van der Waals surface area contributed by atoms with Crippen molar-refractivity contribution >= 4 is 39.1 Å². The van der Waals surface area contributed by atoms with Gasteiger partial charge in [0.2, 0.25) is 0 Å². The van der Waals surface area contributed by atoms with E-state index < -0.39 is 0 Å². The van der Waals surface area contributed by atoms with Gasteiger partial charge in [0.25, 0.3) is 5.91 Å². The Morgan fingerprint density at radius 1 is 1.16 bits per heavy atom. The Balaban J connectivity index is 1.93. The first-order valence-corrected chi connectivity index (χ1v) is 9.07. The maximum atomic E-state index is 12.6. The zero-order valence-electron chi connectivity index (χ0n) is 14.3. The summed E-state index contributed by atoms with van der Waals surface area (Å²) in [5.41, 5.74) is 3.23. The molecule has 0 fully saturated rings. The lowest BCUT2D eigenvalue weighted by Crippen LogP contribution is -2.28. The van der Waals surface area contributed by atoms with Crippen LogP contribution in [0.5, 0.6) is 0 Å². The van der Waals surface area contributed by atoms with Gasteiger partial charge in [0.1, 0.15) is 5.84 Å². The molecule has 2 aromatic rings. The summed E-state index contributed by atoms with van der Waals surface area (Å²) < 4.78 is 1.02. The Labute approximate surface area is 155 Å². The van der Waals surface area contributed by atoms with E-state index in [9.17, 15) is 9.59 Å². The summed E-state index contributed by atoms with van der Waals surface area (Å²) in [4.78, 5) is 30.6. The second-order valence-corrected chi connectivity index (χ2v) is 6.99. The van der Waals surface area contributed by atoms with Gasteiger partial charge in [-0.3, -0.25) is 9.59 Å². The Morgan fingerprint density at radius 3 is 2.64 bits per heavy atom. The molecule has 1 aliphatic heterocycles. The smallest absolute Gasteiger partial charge is 0.278 e. The topological polar surface area (TPSA) is 49.7 Å². The average Bonchev–Trinajstić information content (AvgIpc) is 2.91.